The van der Waals surface area contributed by atoms with Gasteiger partial charge in [-0.05, 0) is 36.3 Å². The standard InChI is InChI=1S/C19H25NO/c1-2-3-14-21-15-16-10-11-19(20-12-6-7-13-20)18-9-5-4-8-17(16)18/h4-5,8-11H,2-3,6-7,12-15H2,1H3. The molecule has 0 amide bonds. The zero-order valence-corrected chi connectivity index (χ0v) is 13.0. The Morgan fingerprint density at radius 3 is 2.52 bits per heavy atom. The molecule has 21 heavy (non-hydrogen) atoms. The van der Waals surface area contributed by atoms with Gasteiger partial charge in [-0.1, -0.05) is 43.7 Å². The van der Waals surface area contributed by atoms with E-state index in [0.717, 1.165) is 19.6 Å². The van der Waals surface area contributed by atoms with Crippen LogP contribution < -0.4 is 4.90 Å². The van der Waals surface area contributed by atoms with Gasteiger partial charge in [0.15, 0.2) is 0 Å². The molecule has 0 radical (unpaired) electrons. The molecular weight excluding hydrogens is 258 g/mol. The number of hydrogen-bond acceptors (Lipinski definition) is 2. The third-order valence-corrected chi connectivity index (χ3v) is 4.34. The van der Waals surface area contributed by atoms with Gasteiger partial charge < -0.3 is 9.64 Å². The molecular formula is C19H25NO. The predicted molar refractivity (Wildman–Crippen MR) is 90.0 cm³/mol. The molecule has 1 fully saturated rings. The van der Waals surface area contributed by atoms with E-state index in [1.807, 2.05) is 0 Å². The normalized spacial score (nSPS) is 15.0. The zero-order valence-electron chi connectivity index (χ0n) is 13.0. The van der Waals surface area contributed by atoms with Crippen molar-refractivity contribution >= 4 is 16.5 Å². The summed E-state index contributed by atoms with van der Waals surface area (Å²) < 4.78 is 5.82. The summed E-state index contributed by atoms with van der Waals surface area (Å²) >= 11 is 0. The summed E-state index contributed by atoms with van der Waals surface area (Å²) in [5.74, 6) is 0. The lowest BCUT2D eigenvalue weighted by Crippen LogP contribution is -2.18. The minimum atomic E-state index is 0.723. The average Bonchev–Trinajstić information content (AvgIpc) is 3.05. The van der Waals surface area contributed by atoms with Crippen molar-refractivity contribution in [1.29, 1.82) is 0 Å². The molecule has 0 aliphatic carbocycles. The van der Waals surface area contributed by atoms with Crippen molar-refractivity contribution in [2.75, 3.05) is 24.6 Å². The molecule has 0 aromatic heterocycles. The van der Waals surface area contributed by atoms with Crippen molar-refractivity contribution in [1.82, 2.24) is 0 Å². The Morgan fingerprint density at radius 1 is 1.00 bits per heavy atom. The first-order valence-electron chi connectivity index (χ1n) is 8.23. The summed E-state index contributed by atoms with van der Waals surface area (Å²) in [6.45, 7) is 6.16. The summed E-state index contributed by atoms with van der Waals surface area (Å²) in [6, 6.07) is 13.3. The molecule has 1 aliphatic rings. The predicted octanol–water partition coefficient (Wildman–Crippen LogP) is 4.76. The van der Waals surface area contributed by atoms with Crippen molar-refractivity contribution in [3.63, 3.8) is 0 Å². The number of nitrogens with zero attached hydrogens (tertiary/aromatic N) is 1. The van der Waals surface area contributed by atoms with E-state index < -0.39 is 0 Å². The number of ether oxygens (including phenoxy) is 1. The van der Waals surface area contributed by atoms with E-state index in [1.165, 1.54) is 54.4 Å². The largest absolute Gasteiger partial charge is 0.377 e. The van der Waals surface area contributed by atoms with Gasteiger partial charge >= 0.3 is 0 Å². The molecule has 2 aromatic carbocycles. The van der Waals surface area contributed by atoms with Crippen LogP contribution in [0.5, 0.6) is 0 Å². The van der Waals surface area contributed by atoms with Gasteiger partial charge in [0.1, 0.15) is 0 Å². The van der Waals surface area contributed by atoms with Crippen molar-refractivity contribution in [2.45, 2.75) is 39.2 Å². The SMILES string of the molecule is CCCCOCc1ccc(N2CCCC2)c2ccccc12. The minimum Gasteiger partial charge on any atom is -0.377 e. The molecule has 1 aliphatic heterocycles. The smallest absolute Gasteiger partial charge is 0.0722 e. The molecule has 3 rings (SSSR count). The van der Waals surface area contributed by atoms with E-state index in [0.29, 0.717) is 0 Å². The summed E-state index contributed by atoms with van der Waals surface area (Å²) in [7, 11) is 0. The van der Waals surface area contributed by atoms with Crippen LogP contribution in [0.25, 0.3) is 10.8 Å². The Kier molecular flexibility index (Phi) is 4.76. The van der Waals surface area contributed by atoms with Crippen molar-refractivity contribution in [2.24, 2.45) is 0 Å². The summed E-state index contributed by atoms with van der Waals surface area (Å²) in [5, 5.41) is 2.72. The third-order valence-electron chi connectivity index (χ3n) is 4.34. The molecule has 0 atom stereocenters. The summed E-state index contributed by atoms with van der Waals surface area (Å²) in [4.78, 5) is 2.52. The van der Waals surface area contributed by atoms with E-state index in [2.05, 4.69) is 48.2 Å². The number of benzene rings is 2. The van der Waals surface area contributed by atoms with E-state index in [9.17, 15) is 0 Å². The van der Waals surface area contributed by atoms with Gasteiger partial charge in [0.2, 0.25) is 0 Å². The molecule has 1 heterocycles. The first kappa shape index (κ1) is 14.4. The quantitative estimate of drug-likeness (QED) is 0.709. The Labute approximate surface area is 127 Å². The topological polar surface area (TPSA) is 12.5 Å². The molecule has 2 aromatic rings. The number of rotatable bonds is 6. The van der Waals surface area contributed by atoms with Crippen LogP contribution in [0.3, 0.4) is 0 Å². The molecule has 0 spiro atoms. The fourth-order valence-electron chi connectivity index (χ4n) is 3.13. The fraction of sp³-hybridized carbons (Fsp3) is 0.474. The number of fused-ring (bicyclic) bond motifs is 1. The highest BCUT2D eigenvalue weighted by Gasteiger charge is 2.15. The van der Waals surface area contributed by atoms with Gasteiger partial charge in [-0.3, -0.25) is 0 Å². The third kappa shape index (κ3) is 3.21. The van der Waals surface area contributed by atoms with Crippen LogP contribution in [-0.4, -0.2) is 19.7 Å². The van der Waals surface area contributed by atoms with Gasteiger partial charge in [-0.2, -0.15) is 0 Å². The van der Waals surface area contributed by atoms with Crippen molar-refractivity contribution in [3.05, 3.63) is 42.0 Å². The van der Waals surface area contributed by atoms with Crippen LogP contribution in [0.1, 0.15) is 38.2 Å². The second-order valence-electron chi connectivity index (χ2n) is 5.89. The average molecular weight is 283 g/mol. The van der Waals surface area contributed by atoms with Gasteiger partial charge in [-0.15, -0.1) is 0 Å². The van der Waals surface area contributed by atoms with E-state index in [4.69, 9.17) is 4.74 Å². The van der Waals surface area contributed by atoms with Gasteiger partial charge in [0.25, 0.3) is 0 Å². The van der Waals surface area contributed by atoms with Gasteiger partial charge in [0.05, 0.1) is 6.61 Å². The second kappa shape index (κ2) is 6.95. The molecule has 0 saturated carbocycles. The lowest BCUT2D eigenvalue weighted by molar-refractivity contribution is 0.119. The van der Waals surface area contributed by atoms with Crippen LogP contribution in [0, 0.1) is 0 Å². The number of hydrogen-bond donors (Lipinski definition) is 0. The first-order valence-corrected chi connectivity index (χ1v) is 8.23. The van der Waals surface area contributed by atoms with Crippen molar-refractivity contribution < 1.29 is 4.74 Å². The highest BCUT2D eigenvalue weighted by Crippen LogP contribution is 2.31. The minimum absolute atomic E-state index is 0.723. The Bertz CT molecular complexity index is 587. The maximum Gasteiger partial charge on any atom is 0.0722 e. The van der Waals surface area contributed by atoms with Crippen LogP contribution in [-0.2, 0) is 11.3 Å². The fourth-order valence-corrected chi connectivity index (χ4v) is 3.13. The van der Waals surface area contributed by atoms with Crippen LogP contribution in [0.15, 0.2) is 36.4 Å². The monoisotopic (exact) mass is 283 g/mol. The zero-order chi connectivity index (χ0) is 14.5. The van der Waals surface area contributed by atoms with E-state index >= 15 is 0 Å². The van der Waals surface area contributed by atoms with Crippen LogP contribution >= 0.6 is 0 Å². The highest BCUT2D eigenvalue weighted by molar-refractivity contribution is 5.96. The van der Waals surface area contributed by atoms with Gasteiger partial charge in [0, 0.05) is 30.8 Å². The maximum absolute atomic E-state index is 5.82. The van der Waals surface area contributed by atoms with E-state index in [1.54, 1.807) is 0 Å². The highest BCUT2D eigenvalue weighted by atomic mass is 16.5. The van der Waals surface area contributed by atoms with Crippen LogP contribution in [0.4, 0.5) is 5.69 Å². The Balaban J connectivity index is 1.87. The van der Waals surface area contributed by atoms with Crippen molar-refractivity contribution in [3.8, 4) is 0 Å². The summed E-state index contributed by atoms with van der Waals surface area (Å²) in [6.07, 6.45) is 4.96. The Hall–Kier alpha value is -1.54. The van der Waals surface area contributed by atoms with Crippen LogP contribution in [0.2, 0.25) is 0 Å². The molecule has 2 nitrogen and oxygen atoms in total. The molecule has 0 N–H and O–H groups in total. The van der Waals surface area contributed by atoms with Gasteiger partial charge in [-0.25, -0.2) is 0 Å². The lowest BCUT2D eigenvalue weighted by Gasteiger charge is -2.21. The van der Waals surface area contributed by atoms with E-state index in [-0.39, 0.29) is 0 Å². The Morgan fingerprint density at radius 2 is 1.76 bits per heavy atom. The molecule has 1 saturated heterocycles. The molecule has 0 bridgehead atoms. The number of unbranched alkanes of at least 4 members (excludes halogenated alkanes) is 1. The summed E-state index contributed by atoms with van der Waals surface area (Å²) in [5.41, 5.74) is 2.70. The molecule has 0 unspecified atom stereocenters. The lowest BCUT2D eigenvalue weighted by atomic mass is 10.0. The molecule has 2 heteroatoms. The first-order chi connectivity index (χ1) is 10.4. The second-order valence-corrected chi connectivity index (χ2v) is 5.89. The number of anilines is 1. The maximum atomic E-state index is 5.82. The molecule has 112 valence electrons.